The number of carbonyl (C=O) groups is 2. The molecule has 0 bridgehead atoms. The van der Waals surface area contributed by atoms with Crippen molar-refractivity contribution in [2.45, 2.75) is 120 Å². The second-order valence-corrected chi connectivity index (χ2v) is 24.8. The van der Waals surface area contributed by atoms with Gasteiger partial charge < -0.3 is 24.0 Å². The second kappa shape index (κ2) is 28.9. The zero-order chi connectivity index (χ0) is 60.2. The molecule has 0 saturated carbocycles. The zero-order valence-electron chi connectivity index (χ0n) is 45.4. The number of halogens is 11. The number of hydrogen-bond donors (Lipinski definition) is 3. The van der Waals surface area contributed by atoms with Crippen molar-refractivity contribution in [3.63, 3.8) is 0 Å². The summed E-state index contributed by atoms with van der Waals surface area (Å²) in [7, 11) is -5.29. The van der Waals surface area contributed by atoms with Crippen LogP contribution in [0, 0.1) is 0 Å². The zero-order valence-corrected chi connectivity index (χ0v) is 47.8. The van der Waals surface area contributed by atoms with E-state index in [0.717, 1.165) is 12.8 Å². The van der Waals surface area contributed by atoms with Gasteiger partial charge in [0.2, 0.25) is 0 Å². The average molecular weight is 1250 g/mol. The maximum absolute atomic E-state index is 14.1. The number of ether oxygens (including phenoxy) is 3. The van der Waals surface area contributed by atoms with Crippen LogP contribution in [-0.4, -0.2) is 157 Å². The Hall–Kier alpha value is -4.97. The van der Waals surface area contributed by atoms with Crippen molar-refractivity contribution in [3.8, 4) is 22.3 Å². The summed E-state index contributed by atoms with van der Waals surface area (Å²) < 4.78 is 195. The first-order chi connectivity index (χ1) is 38.6. The Morgan fingerprint density at radius 3 is 1.24 bits per heavy atom. The summed E-state index contributed by atoms with van der Waals surface area (Å²) in [6.07, 6.45) is -13.2. The minimum atomic E-state index is -5.61. The van der Waals surface area contributed by atoms with E-state index in [1.54, 1.807) is 50.6 Å². The van der Waals surface area contributed by atoms with E-state index in [0.29, 0.717) is 98.9 Å². The van der Waals surface area contributed by atoms with Gasteiger partial charge in [0.25, 0.3) is 11.8 Å². The summed E-state index contributed by atoms with van der Waals surface area (Å²) in [5.41, 5.74) is 6.86. The first kappa shape index (κ1) is 68.8. The van der Waals surface area contributed by atoms with E-state index < -0.39 is 97.2 Å². The smallest absolute Gasteiger partial charge is 0.383 e. The second-order valence-electron chi connectivity index (χ2n) is 20.3. The number of hydroxylamine groups is 2. The van der Waals surface area contributed by atoms with Gasteiger partial charge >= 0.3 is 24.2 Å². The topological polar surface area (TPSA) is 190 Å². The molecule has 1 unspecified atom stereocenters. The fourth-order valence-corrected chi connectivity index (χ4v) is 13.7. The number of hydrogen-bond acceptors (Lipinski definition) is 13. The van der Waals surface area contributed by atoms with E-state index in [-0.39, 0.29) is 47.9 Å². The molecule has 462 valence electrons. The van der Waals surface area contributed by atoms with E-state index >= 15 is 0 Å². The highest BCUT2D eigenvalue weighted by Gasteiger charge is 2.58. The van der Waals surface area contributed by atoms with Crippen LogP contribution in [0.1, 0.15) is 68.9 Å². The lowest BCUT2D eigenvalue weighted by atomic mass is 9.95. The van der Waals surface area contributed by atoms with Crippen molar-refractivity contribution in [1.82, 2.24) is 20.8 Å². The molecule has 1 atom stereocenters. The van der Waals surface area contributed by atoms with Crippen LogP contribution in [0.3, 0.4) is 0 Å². The van der Waals surface area contributed by atoms with Crippen LogP contribution in [0.5, 0.6) is 0 Å². The molecule has 83 heavy (non-hydrogen) atoms. The number of nitrogens with zero attached hydrogens (tertiary/aromatic N) is 2. The number of benzene rings is 4. The molecule has 4 aromatic carbocycles. The molecule has 3 aliphatic rings. The maximum Gasteiger partial charge on any atom is 0.453 e. The van der Waals surface area contributed by atoms with E-state index in [2.05, 4.69) is 5.48 Å². The SMILES string of the molecule is COCCN1CCC(C(=O)NO)(S(=O)(=O)c2ccc(-c3ccc(CCC(F)(F)C(F)(F)F)cc3)cc2)CC1.COCCN1CCC(C(=O)NOC2CCCCO2)(S(=O)(=O)c2ccc(-c3ccc(CCC(F)(F)C(F)(F)F)cc3)cc2)CC1.Cl. The Kier molecular flexibility index (Phi) is 24.0. The van der Waals surface area contributed by atoms with Crippen molar-refractivity contribution in [2.24, 2.45) is 0 Å². The molecule has 2 amide bonds. The molecule has 7 rings (SSSR count). The Balaban J connectivity index is 0.000000304. The predicted molar refractivity (Wildman–Crippen MR) is 287 cm³/mol. The van der Waals surface area contributed by atoms with Crippen LogP contribution < -0.4 is 11.0 Å². The van der Waals surface area contributed by atoms with Crippen molar-refractivity contribution in [1.29, 1.82) is 0 Å². The Morgan fingerprint density at radius 1 is 0.578 bits per heavy atom. The molecule has 0 radical (unpaired) electrons. The van der Waals surface area contributed by atoms with Gasteiger partial charge in [0.1, 0.15) is 0 Å². The summed E-state index contributed by atoms with van der Waals surface area (Å²) >= 11 is 0. The van der Waals surface area contributed by atoms with Gasteiger partial charge in [0.05, 0.1) is 23.0 Å². The summed E-state index contributed by atoms with van der Waals surface area (Å²) in [6.45, 7) is 3.92. The largest absolute Gasteiger partial charge is 0.453 e. The minimum Gasteiger partial charge on any atom is -0.383 e. The third-order valence-corrected chi connectivity index (χ3v) is 20.1. The van der Waals surface area contributed by atoms with Crippen LogP contribution in [0.2, 0.25) is 0 Å². The first-order valence-corrected chi connectivity index (χ1v) is 29.2. The Morgan fingerprint density at radius 2 is 0.928 bits per heavy atom. The van der Waals surface area contributed by atoms with E-state index in [9.17, 15) is 75.5 Å². The normalized spacial score (nSPS) is 18.3. The van der Waals surface area contributed by atoms with E-state index in [1.807, 2.05) is 9.80 Å². The van der Waals surface area contributed by atoms with Gasteiger partial charge in [-0.1, -0.05) is 72.8 Å². The van der Waals surface area contributed by atoms with Crippen molar-refractivity contribution >= 4 is 43.9 Å². The molecule has 3 N–H and O–H groups in total. The Bertz CT molecular complexity index is 2940. The van der Waals surface area contributed by atoms with E-state index in [4.69, 9.17) is 19.0 Å². The Labute approximate surface area is 481 Å². The van der Waals surface area contributed by atoms with Crippen LogP contribution in [0.25, 0.3) is 22.3 Å². The molecular formula is C55H67ClF10N4O11S2. The number of alkyl halides is 10. The molecule has 4 aromatic rings. The monoisotopic (exact) mass is 1250 g/mol. The molecule has 0 spiro atoms. The van der Waals surface area contributed by atoms with Gasteiger partial charge in [0.15, 0.2) is 35.5 Å². The van der Waals surface area contributed by atoms with Gasteiger partial charge in [0, 0.05) is 79.4 Å². The lowest BCUT2D eigenvalue weighted by Gasteiger charge is -2.40. The molecule has 0 aliphatic carbocycles. The van der Waals surface area contributed by atoms with Crippen LogP contribution >= 0.6 is 12.4 Å². The number of sulfone groups is 2. The number of nitrogens with one attached hydrogen (secondary N) is 2. The third kappa shape index (κ3) is 16.5. The van der Waals surface area contributed by atoms with Gasteiger partial charge in [-0.3, -0.25) is 14.8 Å². The summed E-state index contributed by atoms with van der Waals surface area (Å²) in [6, 6.07) is 23.6. The minimum absolute atomic E-state index is 0. The number of amides is 2. The molecular weight excluding hydrogens is 1180 g/mol. The highest BCUT2D eigenvalue weighted by atomic mass is 35.5. The van der Waals surface area contributed by atoms with Crippen LogP contribution in [0.4, 0.5) is 43.9 Å². The highest BCUT2D eigenvalue weighted by molar-refractivity contribution is 7.94. The maximum atomic E-state index is 14.1. The van der Waals surface area contributed by atoms with Crippen LogP contribution in [-0.2, 0) is 61.2 Å². The molecule has 3 heterocycles. The van der Waals surface area contributed by atoms with Crippen molar-refractivity contribution in [3.05, 3.63) is 108 Å². The molecule has 3 saturated heterocycles. The number of likely N-dealkylation sites (tertiary alicyclic amines) is 2. The van der Waals surface area contributed by atoms with Gasteiger partial charge in [-0.2, -0.15) is 43.9 Å². The molecule has 3 aliphatic heterocycles. The molecule has 0 aromatic heterocycles. The number of carbonyl (C=O) groups excluding carboxylic acids is 2. The number of aryl methyl sites for hydroxylation is 2. The predicted octanol–water partition coefficient (Wildman–Crippen LogP) is 9.98. The van der Waals surface area contributed by atoms with Gasteiger partial charge in [-0.15, -0.1) is 12.4 Å². The fourth-order valence-electron chi connectivity index (χ4n) is 9.79. The first-order valence-electron chi connectivity index (χ1n) is 26.3. The number of methoxy groups -OCH3 is 2. The van der Waals surface area contributed by atoms with Gasteiger partial charge in [-0.25, -0.2) is 32.6 Å². The number of piperidine rings is 2. The van der Waals surface area contributed by atoms with Crippen LogP contribution in [0.15, 0.2) is 107 Å². The standard InChI is InChI=1S/C30H37F5N2O6S.C25H29F5N2O5S.ClH/c1-41-21-19-37-17-15-28(16-18-37,27(38)36-43-26-4-2-3-20-42-26)44(39,40)25-11-9-24(10-12-25)23-7-5-22(6-8-23)13-14-29(31,32)30(33,34)35;1-37-17-16-32-14-12-23(13-15-32,22(33)31-34)38(35,36)21-8-6-20(7-9-21)19-4-2-18(3-5-19)10-11-24(26,27)25(28,29)30;/h5-12,26H,2-4,13-21H2,1H3,(H,36,38);2-9,34H,10-17H2,1H3,(H,31,33);1H. The van der Waals surface area contributed by atoms with Crippen molar-refractivity contribution in [2.75, 3.05) is 73.3 Å². The van der Waals surface area contributed by atoms with E-state index in [1.165, 1.54) is 66.1 Å². The molecule has 3 fully saturated rings. The summed E-state index contributed by atoms with van der Waals surface area (Å²) in [5, 5.41) is 9.31. The number of rotatable bonds is 22. The summed E-state index contributed by atoms with van der Waals surface area (Å²) in [4.78, 5) is 35.5. The average Bonchev–Trinajstić information content (AvgIpc) is 3.65. The molecule has 15 nitrogen and oxygen atoms in total. The fraction of sp³-hybridized carbons (Fsp3) is 0.527. The van der Waals surface area contributed by atoms with Gasteiger partial charge in [-0.05, 0) is 109 Å². The summed E-state index contributed by atoms with van der Waals surface area (Å²) in [5.74, 6) is -11.3. The highest BCUT2D eigenvalue weighted by Crippen LogP contribution is 2.42. The quantitative estimate of drug-likeness (QED) is 0.0383. The van der Waals surface area contributed by atoms with Crippen molar-refractivity contribution < 1.29 is 94.6 Å². The third-order valence-electron chi connectivity index (χ3n) is 15.1. The molecule has 28 heteroatoms. The lowest BCUT2D eigenvalue weighted by molar-refractivity contribution is -0.284. The lowest BCUT2D eigenvalue weighted by Crippen LogP contribution is -2.58.